The lowest BCUT2D eigenvalue weighted by Crippen LogP contribution is -2.32. The number of aromatic carboxylic acids is 1. The molecule has 1 aromatic heterocycles. The molecular formula is C22H21F3N2O5S2. The number of thiazole rings is 1. The lowest BCUT2D eigenvalue weighted by atomic mass is 10.1. The number of sulfonamides is 1. The normalized spacial score (nSPS) is 11.9. The number of benzene rings is 2. The molecule has 0 aliphatic rings. The van der Waals surface area contributed by atoms with Gasteiger partial charge in [-0.2, -0.15) is 0 Å². The van der Waals surface area contributed by atoms with E-state index in [0.717, 1.165) is 33.8 Å². The molecule has 1 N–H and O–H groups in total. The first-order chi connectivity index (χ1) is 16.0. The first kappa shape index (κ1) is 25.5. The van der Waals surface area contributed by atoms with E-state index in [1.54, 1.807) is 13.8 Å². The Balaban J connectivity index is 1.95. The van der Waals surface area contributed by atoms with Gasteiger partial charge >= 0.3 is 12.3 Å². The Bertz CT molecular complexity index is 1270. The van der Waals surface area contributed by atoms with Gasteiger partial charge in [-0.25, -0.2) is 22.5 Å². The minimum Gasteiger partial charge on any atom is -0.478 e. The average molecular weight is 515 g/mol. The lowest BCUT2D eigenvalue weighted by Gasteiger charge is -2.22. The van der Waals surface area contributed by atoms with Crippen LogP contribution in [0.5, 0.6) is 5.75 Å². The predicted octanol–water partition coefficient (Wildman–Crippen LogP) is 5.57. The van der Waals surface area contributed by atoms with Gasteiger partial charge in [0.05, 0.1) is 10.5 Å². The molecule has 0 amide bonds. The lowest BCUT2D eigenvalue weighted by molar-refractivity contribution is -0.274. The molecule has 0 aliphatic carbocycles. The number of aromatic nitrogens is 1. The molecule has 0 atom stereocenters. The van der Waals surface area contributed by atoms with Crippen LogP contribution in [-0.4, -0.2) is 37.4 Å². The summed E-state index contributed by atoms with van der Waals surface area (Å²) in [5, 5.41) is 11.4. The van der Waals surface area contributed by atoms with Crippen LogP contribution in [0.4, 0.5) is 19.0 Å². The third-order valence-corrected chi connectivity index (χ3v) is 7.47. The summed E-state index contributed by atoms with van der Waals surface area (Å²) in [5.41, 5.74) is 0.919. The van der Waals surface area contributed by atoms with Crippen LogP contribution in [0.2, 0.25) is 0 Å². The molecule has 12 heteroatoms. The van der Waals surface area contributed by atoms with Crippen LogP contribution in [0.3, 0.4) is 0 Å². The molecular weight excluding hydrogens is 493 g/mol. The maximum Gasteiger partial charge on any atom is 0.573 e. The van der Waals surface area contributed by atoms with Gasteiger partial charge in [0, 0.05) is 17.5 Å². The monoisotopic (exact) mass is 514 g/mol. The van der Waals surface area contributed by atoms with Gasteiger partial charge in [-0.15, -0.1) is 24.5 Å². The zero-order valence-corrected chi connectivity index (χ0v) is 19.8. The number of halogens is 3. The van der Waals surface area contributed by atoms with Gasteiger partial charge in [-0.3, -0.25) is 0 Å². The minimum absolute atomic E-state index is 0.0832. The number of carbonyl (C=O) groups is 1. The Morgan fingerprint density at radius 2 is 1.82 bits per heavy atom. The molecule has 0 saturated heterocycles. The molecule has 3 rings (SSSR count). The fourth-order valence-corrected chi connectivity index (χ4v) is 5.63. The number of nitrogens with zero attached hydrogens (tertiary/aromatic N) is 2. The second-order valence-electron chi connectivity index (χ2n) is 7.14. The Morgan fingerprint density at radius 1 is 1.15 bits per heavy atom. The van der Waals surface area contributed by atoms with E-state index in [1.165, 1.54) is 29.6 Å². The number of hydrogen-bond donors (Lipinski definition) is 1. The smallest absolute Gasteiger partial charge is 0.478 e. The highest BCUT2D eigenvalue weighted by Gasteiger charge is 2.31. The van der Waals surface area contributed by atoms with Crippen molar-refractivity contribution in [2.24, 2.45) is 0 Å². The fraction of sp³-hybridized carbons (Fsp3) is 0.273. The maximum absolute atomic E-state index is 13.4. The van der Waals surface area contributed by atoms with Crippen LogP contribution in [0, 0.1) is 0 Å². The Kier molecular flexibility index (Phi) is 7.51. The van der Waals surface area contributed by atoms with Gasteiger partial charge in [-0.05, 0) is 54.8 Å². The van der Waals surface area contributed by atoms with Crippen molar-refractivity contribution in [3.8, 4) is 16.3 Å². The van der Waals surface area contributed by atoms with Gasteiger partial charge in [0.2, 0.25) is 0 Å². The number of carboxylic acids is 1. The van der Waals surface area contributed by atoms with Crippen LogP contribution in [-0.2, 0) is 16.4 Å². The molecule has 0 aliphatic heterocycles. The van der Waals surface area contributed by atoms with Crippen LogP contribution < -0.4 is 9.04 Å². The van der Waals surface area contributed by atoms with Gasteiger partial charge in [0.15, 0.2) is 5.82 Å². The van der Waals surface area contributed by atoms with E-state index in [4.69, 9.17) is 0 Å². The van der Waals surface area contributed by atoms with Crippen LogP contribution in [0.25, 0.3) is 10.6 Å². The number of alkyl halides is 3. The summed E-state index contributed by atoms with van der Waals surface area (Å²) in [6.07, 6.45) is -3.90. The predicted molar refractivity (Wildman–Crippen MR) is 122 cm³/mol. The molecule has 1 heterocycles. The van der Waals surface area contributed by atoms with E-state index in [2.05, 4.69) is 9.72 Å². The van der Waals surface area contributed by atoms with Crippen LogP contribution in [0.15, 0.2) is 52.7 Å². The number of carboxylic acid groups (broad SMARTS) is 1. The zero-order chi connectivity index (χ0) is 25.1. The number of aryl methyl sites for hydroxylation is 1. The highest BCUT2D eigenvalue weighted by molar-refractivity contribution is 7.92. The van der Waals surface area contributed by atoms with Gasteiger partial charge in [-0.1, -0.05) is 19.9 Å². The van der Waals surface area contributed by atoms with Crippen LogP contribution >= 0.6 is 11.3 Å². The Morgan fingerprint density at radius 3 is 2.38 bits per heavy atom. The summed E-state index contributed by atoms with van der Waals surface area (Å²) in [5.74, 6) is -1.47. The molecule has 0 saturated carbocycles. The second-order valence-corrected chi connectivity index (χ2v) is 9.86. The van der Waals surface area contributed by atoms with Crippen molar-refractivity contribution in [3.63, 3.8) is 0 Å². The number of hydrogen-bond acceptors (Lipinski definition) is 6. The number of ether oxygens (including phenoxy) is 1. The largest absolute Gasteiger partial charge is 0.573 e. The quantitative estimate of drug-likeness (QED) is 0.401. The summed E-state index contributed by atoms with van der Waals surface area (Å²) in [7, 11) is -4.12. The van der Waals surface area contributed by atoms with Gasteiger partial charge in [0.25, 0.3) is 10.0 Å². The Labute approximate surface area is 198 Å². The van der Waals surface area contributed by atoms with Crippen molar-refractivity contribution >= 4 is 33.1 Å². The van der Waals surface area contributed by atoms with Crippen molar-refractivity contribution in [1.82, 2.24) is 4.98 Å². The van der Waals surface area contributed by atoms with E-state index in [0.29, 0.717) is 29.0 Å². The first-order valence-corrected chi connectivity index (χ1v) is 12.5. The molecule has 2 aromatic carbocycles. The van der Waals surface area contributed by atoms with Gasteiger partial charge < -0.3 is 9.84 Å². The highest BCUT2D eigenvalue weighted by atomic mass is 32.2. The minimum atomic E-state index is -4.80. The second kappa shape index (κ2) is 10.0. The third kappa shape index (κ3) is 5.68. The highest BCUT2D eigenvalue weighted by Crippen LogP contribution is 2.33. The fourth-order valence-electron chi connectivity index (χ4n) is 3.22. The summed E-state index contributed by atoms with van der Waals surface area (Å²) < 4.78 is 68.8. The standard InChI is InChI=1S/C22H21F3N2O5S2/c1-3-11-27(34(30,31)17-10-7-14(4-2)18(12-17)21(28)29)19-13-33-20(26-19)15-5-8-16(9-6-15)32-22(23,24)25/h5-10,12-13H,3-4,11H2,1-2H3,(H,28,29). The summed E-state index contributed by atoms with van der Waals surface area (Å²) in [6.45, 7) is 3.66. The molecule has 0 spiro atoms. The Hall–Kier alpha value is -3.12. The van der Waals surface area contributed by atoms with E-state index in [9.17, 15) is 31.5 Å². The van der Waals surface area contributed by atoms with Crippen LogP contribution in [0.1, 0.15) is 36.2 Å². The van der Waals surface area contributed by atoms with Gasteiger partial charge in [0.1, 0.15) is 10.8 Å². The summed E-state index contributed by atoms with van der Waals surface area (Å²) in [4.78, 5) is 15.8. The van der Waals surface area contributed by atoms with Crippen molar-refractivity contribution in [1.29, 1.82) is 0 Å². The number of anilines is 1. The van der Waals surface area contributed by atoms with Crippen molar-refractivity contribution in [3.05, 3.63) is 59.0 Å². The molecule has 182 valence electrons. The summed E-state index contributed by atoms with van der Waals surface area (Å²) >= 11 is 1.13. The molecule has 3 aromatic rings. The van der Waals surface area contributed by atoms with Crippen molar-refractivity contribution in [2.45, 2.75) is 37.9 Å². The molecule has 0 radical (unpaired) electrons. The molecule has 0 fully saturated rings. The molecule has 0 unspecified atom stereocenters. The van der Waals surface area contributed by atoms with E-state index < -0.39 is 22.4 Å². The number of rotatable bonds is 9. The van der Waals surface area contributed by atoms with E-state index >= 15 is 0 Å². The average Bonchev–Trinajstić information content (AvgIpc) is 3.25. The third-order valence-electron chi connectivity index (χ3n) is 4.79. The molecule has 0 bridgehead atoms. The maximum atomic E-state index is 13.4. The van der Waals surface area contributed by atoms with Crippen molar-refractivity contribution < 1.29 is 36.2 Å². The van der Waals surface area contributed by atoms with E-state index in [-0.39, 0.29) is 28.6 Å². The SMILES string of the molecule is CCCN(c1csc(-c2ccc(OC(F)(F)F)cc2)n1)S(=O)(=O)c1ccc(CC)c(C(=O)O)c1. The van der Waals surface area contributed by atoms with E-state index in [1.807, 2.05) is 0 Å². The van der Waals surface area contributed by atoms with Crippen molar-refractivity contribution in [2.75, 3.05) is 10.8 Å². The molecule has 7 nitrogen and oxygen atoms in total. The molecule has 34 heavy (non-hydrogen) atoms. The summed E-state index contributed by atoms with van der Waals surface area (Å²) in [6, 6.07) is 9.08. The zero-order valence-electron chi connectivity index (χ0n) is 18.2. The first-order valence-electron chi connectivity index (χ1n) is 10.2. The topological polar surface area (TPSA) is 96.8 Å².